The monoisotopic (exact) mass is 247 g/mol. The molecule has 5 nitrogen and oxygen atoms in total. The van der Waals surface area contributed by atoms with E-state index in [2.05, 4.69) is 14.5 Å². The lowest BCUT2D eigenvalue weighted by molar-refractivity contribution is -0.139. The van der Waals surface area contributed by atoms with Crippen LogP contribution in [-0.2, 0) is 16.0 Å². The van der Waals surface area contributed by atoms with Gasteiger partial charge in [0, 0.05) is 5.56 Å². The second kappa shape index (κ2) is 5.42. The minimum Gasteiger partial charge on any atom is -0.506 e. The quantitative estimate of drug-likeness (QED) is 0.815. The van der Waals surface area contributed by atoms with Crippen molar-refractivity contribution in [3.63, 3.8) is 0 Å². The van der Waals surface area contributed by atoms with Crippen molar-refractivity contribution in [1.82, 2.24) is 4.98 Å². The predicted molar refractivity (Wildman–Crippen MR) is 53.1 cm³/mol. The van der Waals surface area contributed by atoms with E-state index in [0.717, 1.165) is 13.3 Å². The Morgan fingerprint density at radius 2 is 2.18 bits per heavy atom. The molecule has 0 spiro atoms. The number of carbonyl (C=O) groups is 1. The van der Waals surface area contributed by atoms with Crippen molar-refractivity contribution >= 4 is 5.97 Å². The number of rotatable bonds is 4. The zero-order chi connectivity index (χ0) is 13.0. The molecule has 1 heterocycles. The first-order valence-electron chi connectivity index (χ1n) is 4.61. The number of esters is 1. The molecule has 1 aromatic heterocycles. The molecule has 0 unspecified atom stereocenters. The van der Waals surface area contributed by atoms with Crippen molar-refractivity contribution in [3.05, 3.63) is 17.3 Å². The van der Waals surface area contributed by atoms with Gasteiger partial charge in [-0.15, -0.1) is 0 Å². The van der Waals surface area contributed by atoms with Crippen LogP contribution in [0.2, 0.25) is 0 Å². The molecule has 0 atom stereocenters. The molecule has 0 aromatic carbocycles. The minimum absolute atomic E-state index is 0.237. The lowest BCUT2D eigenvalue weighted by Gasteiger charge is -2.12. The highest BCUT2D eigenvalue weighted by Gasteiger charge is 2.24. The van der Waals surface area contributed by atoms with E-state index in [1.54, 1.807) is 0 Å². The maximum Gasteiger partial charge on any atom is 0.310 e. The van der Waals surface area contributed by atoms with Gasteiger partial charge in [0.25, 0.3) is 6.43 Å². The van der Waals surface area contributed by atoms with Gasteiger partial charge in [0.2, 0.25) is 5.88 Å². The number of pyridine rings is 1. The van der Waals surface area contributed by atoms with Crippen molar-refractivity contribution in [2.24, 2.45) is 0 Å². The Hall–Kier alpha value is -1.92. The zero-order valence-corrected chi connectivity index (χ0v) is 9.24. The Morgan fingerprint density at radius 3 is 2.65 bits per heavy atom. The molecule has 0 aliphatic heterocycles. The Bertz CT molecular complexity index is 423. The molecule has 0 fully saturated rings. The molecule has 0 aliphatic rings. The van der Waals surface area contributed by atoms with Crippen LogP contribution >= 0.6 is 0 Å². The number of methoxy groups -OCH3 is 2. The van der Waals surface area contributed by atoms with E-state index in [-0.39, 0.29) is 11.4 Å². The van der Waals surface area contributed by atoms with E-state index in [1.165, 1.54) is 7.11 Å². The van der Waals surface area contributed by atoms with Gasteiger partial charge < -0.3 is 14.6 Å². The van der Waals surface area contributed by atoms with E-state index < -0.39 is 30.1 Å². The highest BCUT2D eigenvalue weighted by molar-refractivity contribution is 5.74. The largest absolute Gasteiger partial charge is 0.506 e. The van der Waals surface area contributed by atoms with E-state index in [1.807, 2.05) is 0 Å². The third kappa shape index (κ3) is 2.80. The molecule has 0 saturated carbocycles. The third-order valence-corrected chi connectivity index (χ3v) is 2.13. The summed E-state index contributed by atoms with van der Waals surface area (Å²) < 4.78 is 34.7. The molecule has 17 heavy (non-hydrogen) atoms. The van der Waals surface area contributed by atoms with E-state index in [9.17, 15) is 18.7 Å². The standard InChI is InChI=1S/C10H11F2NO4/c1-16-7(15)3-5-6(14)4-13-10(17-2)8(5)9(11)12/h4,9,14H,3H2,1-2H3. The molecular weight excluding hydrogens is 236 g/mol. The number of aromatic nitrogens is 1. The van der Waals surface area contributed by atoms with Crippen molar-refractivity contribution < 1.29 is 28.2 Å². The smallest absolute Gasteiger partial charge is 0.310 e. The van der Waals surface area contributed by atoms with Crippen LogP contribution in [0.15, 0.2) is 6.20 Å². The average Bonchev–Trinajstić information content (AvgIpc) is 2.30. The molecule has 1 N–H and O–H groups in total. The molecule has 0 saturated heterocycles. The fourth-order valence-electron chi connectivity index (χ4n) is 1.32. The summed E-state index contributed by atoms with van der Waals surface area (Å²) in [5.74, 6) is -1.56. The number of halogens is 2. The van der Waals surface area contributed by atoms with Gasteiger partial charge in [-0.25, -0.2) is 13.8 Å². The molecule has 94 valence electrons. The number of aromatic hydroxyl groups is 1. The molecule has 1 aromatic rings. The van der Waals surface area contributed by atoms with Crippen LogP contribution in [0.3, 0.4) is 0 Å². The SMILES string of the molecule is COC(=O)Cc1c(O)cnc(OC)c1C(F)F. The second-order valence-corrected chi connectivity index (χ2v) is 3.10. The van der Waals surface area contributed by atoms with Gasteiger partial charge in [0.05, 0.1) is 32.4 Å². The first-order chi connectivity index (χ1) is 8.01. The van der Waals surface area contributed by atoms with E-state index in [0.29, 0.717) is 0 Å². The van der Waals surface area contributed by atoms with Crippen LogP contribution in [0, 0.1) is 0 Å². The molecule has 0 amide bonds. The number of hydrogen-bond donors (Lipinski definition) is 1. The van der Waals surface area contributed by atoms with Crippen LogP contribution in [0.5, 0.6) is 11.6 Å². The second-order valence-electron chi connectivity index (χ2n) is 3.10. The molecule has 0 aliphatic carbocycles. The predicted octanol–water partition coefficient (Wildman–Crippen LogP) is 1.45. The first-order valence-corrected chi connectivity index (χ1v) is 4.61. The zero-order valence-electron chi connectivity index (χ0n) is 9.24. The first kappa shape index (κ1) is 13.1. The summed E-state index contributed by atoms with van der Waals surface area (Å²) in [5, 5.41) is 9.45. The molecule has 7 heteroatoms. The summed E-state index contributed by atoms with van der Waals surface area (Å²) in [5.41, 5.74) is -0.836. The Balaban J connectivity index is 3.28. The van der Waals surface area contributed by atoms with E-state index in [4.69, 9.17) is 0 Å². The van der Waals surface area contributed by atoms with Crippen LogP contribution in [0.1, 0.15) is 17.6 Å². The Kier molecular flexibility index (Phi) is 4.19. The number of alkyl halides is 2. The normalized spacial score (nSPS) is 10.4. The van der Waals surface area contributed by atoms with Gasteiger partial charge >= 0.3 is 5.97 Å². The summed E-state index contributed by atoms with van der Waals surface area (Å²) in [6.45, 7) is 0. The minimum atomic E-state index is -2.91. The summed E-state index contributed by atoms with van der Waals surface area (Å²) in [6.07, 6.45) is -2.44. The van der Waals surface area contributed by atoms with Gasteiger partial charge in [-0.2, -0.15) is 0 Å². The van der Waals surface area contributed by atoms with Gasteiger partial charge in [-0.3, -0.25) is 4.79 Å². The number of nitrogens with zero attached hydrogens (tertiary/aromatic N) is 1. The van der Waals surface area contributed by atoms with Crippen molar-refractivity contribution in [3.8, 4) is 11.6 Å². The summed E-state index contributed by atoms with van der Waals surface area (Å²) >= 11 is 0. The Morgan fingerprint density at radius 1 is 1.53 bits per heavy atom. The topological polar surface area (TPSA) is 68.7 Å². The number of ether oxygens (including phenoxy) is 2. The van der Waals surface area contributed by atoms with E-state index >= 15 is 0 Å². The van der Waals surface area contributed by atoms with Gasteiger partial charge in [-0.05, 0) is 0 Å². The number of hydrogen-bond acceptors (Lipinski definition) is 5. The highest BCUT2D eigenvalue weighted by atomic mass is 19.3. The van der Waals surface area contributed by atoms with Crippen molar-refractivity contribution in [2.45, 2.75) is 12.8 Å². The summed E-state index contributed by atoms with van der Waals surface area (Å²) in [4.78, 5) is 14.6. The molecule has 0 radical (unpaired) electrons. The molecule has 0 bridgehead atoms. The summed E-state index contributed by atoms with van der Waals surface area (Å²) in [6, 6.07) is 0. The van der Waals surface area contributed by atoms with Crippen LogP contribution in [0.25, 0.3) is 0 Å². The number of carbonyl (C=O) groups excluding carboxylic acids is 1. The van der Waals surface area contributed by atoms with Crippen molar-refractivity contribution in [1.29, 1.82) is 0 Å². The lowest BCUT2D eigenvalue weighted by Crippen LogP contribution is -2.09. The molecule has 1 rings (SSSR count). The fourth-order valence-corrected chi connectivity index (χ4v) is 1.32. The highest BCUT2D eigenvalue weighted by Crippen LogP contribution is 2.35. The lowest BCUT2D eigenvalue weighted by atomic mass is 10.1. The van der Waals surface area contributed by atoms with Crippen LogP contribution < -0.4 is 4.74 Å². The Labute approximate surface area is 96.0 Å². The maximum absolute atomic E-state index is 12.8. The van der Waals surface area contributed by atoms with Crippen LogP contribution in [-0.4, -0.2) is 30.3 Å². The maximum atomic E-state index is 12.8. The third-order valence-electron chi connectivity index (χ3n) is 2.13. The van der Waals surface area contributed by atoms with Gasteiger partial charge in [0.15, 0.2) is 0 Å². The van der Waals surface area contributed by atoms with Crippen molar-refractivity contribution in [2.75, 3.05) is 14.2 Å². The van der Waals surface area contributed by atoms with Gasteiger partial charge in [-0.1, -0.05) is 0 Å². The summed E-state index contributed by atoms with van der Waals surface area (Å²) in [7, 11) is 2.30. The average molecular weight is 247 g/mol. The van der Waals surface area contributed by atoms with Crippen LogP contribution in [0.4, 0.5) is 8.78 Å². The van der Waals surface area contributed by atoms with Gasteiger partial charge in [0.1, 0.15) is 5.75 Å². The molecular formula is C10H11F2NO4. The fraction of sp³-hybridized carbons (Fsp3) is 0.400.